The van der Waals surface area contributed by atoms with E-state index in [0.29, 0.717) is 24.8 Å². The van der Waals surface area contributed by atoms with E-state index in [9.17, 15) is 4.39 Å². The van der Waals surface area contributed by atoms with Crippen LogP contribution in [0, 0.1) is 5.82 Å². The van der Waals surface area contributed by atoms with Gasteiger partial charge in [0, 0.05) is 18.7 Å². The molecule has 0 amide bonds. The molecule has 1 aromatic carbocycles. The van der Waals surface area contributed by atoms with Crippen LogP contribution >= 0.6 is 0 Å². The Morgan fingerprint density at radius 2 is 1.86 bits per heavy atom. The van der Waals surface area contributed by atoms with Crippen LogP contribution in [0.3, 0.4) is 0 Å². The van der Waals surface area contributed by atoms with Crippen molar-refractivity contribution in [1.82, 2.24) is 15.2 Å². The lowest BCUT2D eigenvalue weighted by molar-refractivity contribution is 0.122. The van der Waals surface area contributed by atoms with Gasteiger partial charge in [-0.05, 0) is 35.9 Å². The number of methoxy groups -OCH3 is 1. The molecule has 3 heterocycles. The molecule has 0 saturated carbocycles. The van der Waals surface area contributed by atoms with Crippen LogP contribution in [0.4, 0.5) is 21.8 Å². The lowest BCUT2D eigenvalue weighted by Crippen LogP contribution is -2.36. The second-order valence-electron chi connectivity index (χ2n) is 6.28. The summed E-state index contributed by atoms with van der Waals surface area (Å²) in [5, 5.41) is 11.0. The highest BCUT2D eigenvalue weighted by Crippen LogP contribution is 2.25. The van der Waals surface area contributed by atoms with Crippen molar-refractivity contribution in [2.24, 2.45) is 0 Å². The molecule has 0 radical (unpaired) electrons. The number of pyridine rings is 1. The second kappa shape index (κ2) is 8.18. The smallest absolute Gasteiger partial charge is 0.170 e. The van der Waals surface area contributed by atoms with Gasteiger partial charge >= 0.3 is 0 Å². The molecule has 7 nitrogen and oxygen atoms in total. The van der Waals surface area contributed by atoms with Crippen molar-refractivity contribution in [1.29, 1.82) is 0 Å². The van der Waals surface area contributed by atoms with E-state index in [4.69, 9.17) is 9.47 Å². The Morgan fingerprint density at radius 1 is 1.07 bits per heavy atom. The molecule has 28 heavy (non-hydrogen) atoms. The SMILES string of the molecule is COc1ccc(-c2cnnc(Nc3nc(N4CCOCC4)ccc3F)c2)cc1. The van der Waals surface area contributed by atoms with Crippen molar-refractivity contribution < 1.29 is 13.9 Å². The summed E-state index contributed by atoms with van der Waals surface area (Å²) in [5.41, 5.74) is 1.80. The molecular weight excluding hydrogens is 361 g/mol. The van der Waals surface area contributed by atoms with Gasteiger partial charge in [0.25, 0.3) is 0 Å². The third kappa shape index (κ3) is 4.01. The zero-order valence-corrected chi connectivity index (χ0v) is 15.4. The minimum absolute atomic E-state index is 0.116. The predicted octanol–water partition coefficient (Wildman–Crippen LogP) is 3.27. The normalized spacial score (nSPS) is 14.0. The second-order valence-corrected chi connectivity index (χ2v) is 6.28. The molecule has 144 valence electrons. The first-order chi connectivity index (χ1) is 13.7. The van der Waals surface area contributed by atoms with Gasteiger partial charge in [-0.3, -0.25) is 0 Å². The topological polar surface area (TPSA) is 72.4 Å². The molecule has 0 unspecified atom stereocenters. The Labute approximate surface area is 162 Å². The fourth-order valence-electron chi connectivity index (χ4n) is 2.98. The quantitative estimate of drug-likeness (QED) is 0.727. The van der Waals surface area contributed by atoms with Gasteiger partial charge in [-0.25, -0.2) is 9.37 Å². The van der Waals surface area contributed by atoms with Gasteiger partial charge in [-0.1, -0.05) is 12.1 Å². The third-order valence-corrected chi connectivity index (χ3v) is 4.49. The molecule has 0 spiro atoms. The van der Waals surface area contributed by atoms with Crippen LogP contribution in [-0.2, 0) is 4.74 Å². The largest absolute Gasteiger partial charge is 0.497 e. The summed E-state index contributed by atoms with van der Waals surface area (Å²) < 4.78 is 24.8. The standard InChI is InChI=1S/C20H20FN5O2/c1-27-16-4-2-14(3-5-16)15-12-18(25-22-13-15)23-20-17(21)6-7-19(24-20)26-8-10-28-11-9-26/h2-7,12-13H,8-11H2,1H3,(H,23,24,25). The summed E-state index contributed by atoms with van der Waals surface area (Å²) in [5.74, 6) is 1.56. The predicted molar refractivity (Wildman–Crippen MR) is 105 cm³/mol. The van der Waals surface area contributed by atoms with E-state index < -0.39 is 5.82 Å². The van der Waals surface area contributed by atoms with Crippen LogP contribution in [-0.4, -0.2) is 48.6 Å². The van der Waals surface area contributed by atoms with Gasteiger partial charge in [-0.15, -0.1) is 5.10 Å². The molecule has 1 aliphatic heterocycles. The zero-order chi connectivity index (χ0) is 19.3. The first kappa shape index (κ1) is 18.1. The highest BCUT2D eigenvalue weighted by Gasteiger charge is 2.15. The molecular formula is C20H20FN5O2. The molecule has 1 N–H and O–H groups in total. The zero-order valence-electron chi connectivity index (χ0n) is 15.4. The number of morpholine rings is 1. The van der Waals surface area contributed by atoms with Gasteiger partial charge in [0.05, 0.1) is 26.5 Å². The van der Waals surface area contributed by atoms with Gasteiger partial charge in [-0.2, -0.15) is 5.10 Å². The first-order valence-electron chi connectivity index (χ1n) is 8.96. The molecule has 0 bridgehead atoms. The van der Waals surface area contributed by atoms with Crippen LogP contribution < -0.4 is 15.0 Å². The number of rotatable bonds is 5. The van der Waals surface area contributed by atoms with Gasteiger partial charge in [0.2, 0.25) is 0 Å². The molecule has 1 saturated heterocycles. The maximum atomic E-state index is 14.3. The summed E-state index contributed by atoms with van der Waals surface area (Å²) in [4.78, 5) is 6.48. The summed E-state index contributed by atoms with van der Waals surface area (Å²) in [6.07, 6.45) is 1.65. The van der Waals surface area contributed by atoms with E-state index in [-0.39, 0.29) is 5.82 Å². The molecule has 4 rings (SSSR count). The maximum absolute atomic E-state index is 14.3. The summed E-state index contributed by atoms with van der Waals surface area (Å²) in [7, 11) is 1.62. The molecule has 0 aliphatic carbocycles. The number of benzene rings is 1. The Balaban J connectivity index is 1.57. The van der Waals surface area contributed by atoms with Crippen molar-refractivity contribution in [3.8, 4) is 16.9 Å². The third-order valence-electron chi connectivity index (χ3n) is 4.49. The molecule has 3 aromatic rings. The summed E-state index contributed by atoms with van der Waals surface area (Å²) in [6.45, 7) is 2.73. The van der Waals surface area contributed by atoms with Crippen LogP contribution in [0.15, 0.2) is 48.7 Å². The molecule has 2 aromatic heterocycles. The number of hydrogen-bond donors (Lipinski definition) is 1. The maximum Gasteiger partial charge on any atom is 0.170 e. The van der Waals surface area contributed by atoms with Gasteiger partial charge in [0.15, 0.2) is 17.5 Å². The minimum atomic E-state index is -0.450. The number of hydrogen-bond acceptors (Lipinski definition) is 7. The average Bonchev–Trinajstić information content (AvgIpc) is 2.76. The Hall–Kier alpha value is -3.26. The molecule has 1 aliphatic rings. The van der Waals surface area contributed by atoms with Crippen LogP contribution in [0.1, 0.15) is 0 Å². The Bertz CT molecular complexity index is 946. The van der Waals surface area contributed by atoms with E-state index in [1.54, 1.807) is 25.4 Å². The number of halogens is 1. The van der Waals surface area contributed by atoms with E-state index in [0.717, 1.165) is 30.0 Å². The Morgan fingerprint density at radius 3 is 2.61 bits per heavy atom. The van der Waals surface area contributed by atoms with E-state index in [1.165, 1.54) is 6.07 Å². The number of nitrogens with one attached hydrogen (secondary N) is 1. The van der Waals surface area contributed by atoms with Crippen molar-refractivity contribution >= 4 is 17.5 Å². The fourth-order valence-corrected chi connectivity index (χ4v) is 2.98. The van der Waals surface area contributed by atoms with E-state index in [1.807, 2.05) is 24.3 Å². The van der Waals surface area contributed by atoms with Gasteiger partial charge in [0.1, 0.15) is 11.6 Å². The Kier molecular flexibility index (Phi) is 5.29. The number of nitrogens with zero attached hydrogens (tertiary/aromatic N) is 4. The van der Waals surface area contributed by atoms with E-state index >= 15 is 0 Å². The molecule has 8 heteroatoms. The summed E-state index contributed by atoms with van der Waals surface area (Å²) in [6, 6.07) is 12.5. The van der Waals surface area contributed by atoms with Crippen LogP contribution in [0.25, 0.3) is 11.1 Å². The lowest BCUT2D eigenvalue weighted by atomic mass is 10.1. The highest BCUT2D eigenvalue weighted by molar-refractivity contribution is 5.67. The average molecular weight is 381 g/mol. The lowest BCUT2D eigenvalue weighted by Gasteiger charge is -2.28. The number of anilines is 3. The van der Waals surface area contributed by atoms with Crippen molar-refractivity contribution in [3.05, 3.63) is 54.5 Å². The number of aromatic nitrogens is 3. The number of ether oxygens (including phenoxy) is 2. The fraction of sp³-hybridized carbons (Fsp3) is 0.250. The van der Waals surface area contributed by atoms with Gasteiger partial charge < -0.3 is 19.7 Å². The molecule has 0 atom stereocenters. The minimum Gasteiger partial charge on any atom is -0.497 e. The van der Waals surface area contributed by atoms with Crippen molar-refractivity contribution in [3.63, 3.8) is 0 Å². The molecule has 1 fully saturated rings. The van der Waals surface area contributed by atoms with Crippen LogP contribution in [0.2, 0.25) is 0 Å². The van der Waals surface area contributed by atoms with Crippen LogP contribution in [0.5, 0.6) is 5.75 Å². The monoisotopic (exact) mass is 381 g/mol. The van der Waals surface area contributed by atoms with Crippen molar-refractivity contribution in [2.75, 3.05) is 43.6 Å². The summed E-state index contributed by atoms with van der Waals surface area (Å²) >= 11 is 0. The van der Waals surface area contributed by atoms with E-state index in [2.05, 4.69) is 25.4 Å². The highest BCUT2D eigenvalue weighted by atomic mass is 19.1. The first-order valence-corrected chi connectivity index (χ1v) is 8.96. The van der Waals surface area contributed by atoms with Crippen molar-refractivity contribution in [2.45, 2.75) is 0 Å².